The van der Waals surface area contributed by atoms with Crippen molar-refractivity contribution in [1.82, 2.24) is 0 Å². The van der Waals surface area contributed by atoms with E-state index in [2.05, 4.69) is 4.99 Å². The van der Waals surface area contributed by atoms with Crippen molar-refractivity contribution in [2.45, 2.75) is 13.3 Å². The molecule has 0 amide bonds. The molecule has 0 heterocycles. The van der Waals surface area contributed by atoms with Crippen LogP contribution in [0.2, 0.25) is 0 Å². The largest absolute Gasteiger partial charge is 0.387 e. The first-order valence-electron chi connectivity index (χ1n) is 4.16. The number of hydrogen-bond donors (Lipinski definition) is 1. The normalized spacial score (nSPS) is 11.4. The molecule has 0 fully saturated rings. The number of nitrogens with zero attached hydrogens (tertiary/aromatic N) is 1. The summed E-state index contributed by atoms with van der Waals surface area (Å²) < 4.78 is 13.2. The Bertz CT molecular complexity index is 374. The smallest absolute Gasteiger partial charge is 0.149 e. The lowest BCUT2D eigenvalue weighted by molar-refractivity contribution is -0.106. The van der Waals surface area contributed by atoms with Crippen LogP contribution in [0.5, 0.6) is 0 Å². The maximum absolute atomic E-state index is 13.2. The molecule has 2 N–H and O–H groups in total. The van der Waals surface area contributed by atoms with E-state index in [0.29, 0.717) is 6.29 Å². The van der Waals surface area contributed by atoms with Gasteiger partial charge in [-0.2, -0.15) is 0 Å². The summed E-state index contributed by atoms with van der Waals surface area (Å²) in [5, 5.41) is 0. The van der Waals surface area contributed by atoms with Gasteiger partial charge in [0.1, 0.15) is 23.6 Å². The van der Waals surface area contributed by atoms with Crippen molar-refractivity contribution >= 4 is 17.8 Å². The zero-order valence-electron chi connectivity index (χ0n) is 7.83. The van der Waals surface area contributed by atoms with Gasteiger partial charge in [-0.1, -0.05) is 6.07 Å². The van der Waals surface area contributed by atoms with Gasteiger partial charge in [-0.05, 0) is 24.6 Å². The van der Waals surface area contributed by atoms with Crippen molar-refractivity contribution in [2.75, 3.05) is 0 Å². The molecule has 0 spiro atoms. The fraction of sp³-hybridized carbons (Fsp3) is 0.200. The molecule has 1 aromatic rings. The number of amidine groups is 1. The first-order valence-corrected chi connectivity index (χ1v) is 4.16. The molecule has 1 aromatic carbocycles. The Kier molecular flexibility index (Phi) is 3.34. The molecule has 0 aliphatic heterocycles. The molecule has 0 aliphatic carbocycles. The van der Waals surface area contributed by atoms with Crippen LogP contribution in [0.25, 0.3) is 0 Å². The van der Waals surface area contributed by atoms with Crippen LogP contribution in [-0.2, 0) is 4.79 Å². The van der Waals surface area contributed by atoms with Crippen LogP contribution < -0.4 is 5.73 Å². The van der Waals surface area contributed by atoms with E-state index < -0.39 is 5.82 Å². The third kappa shape index (κ3) is 2.65. The molecular weight excluding hydrogens is 183 g/mol. The second-order valence-electron chi connectivity index (χ2n) is 2.93. The van der Waals surface area contributed by atoms with Gasteiger partial charge < -0.3 is 10.5 Å². The maximum atomic E-state index is 13.2. The molecule has 0 unspecified atom stereocenters. The zero-order chi connectivity index (χ0) is 10.6. The third-order valence-electron chi connectivity index (χ3n) is 1.66. The first-order chi connectivity index (χ1) is 6.63. The topological polar surface area (TPSA) is 55.4 Å². The Morgan fingerprint density at radius 1 is 1.64 bits per heavy atom. The number of carbonyl (C=O) groups excluding carboxylic acids is 1. The molecule has 0 bridgehead atoms. The molecule has 14 heavy (non-hydrogen) atoms. The number of halogens is 1. The number of aryl methyl sites for hydroxylation is 1. The molecule has 0 saturated heterocycles. The highest BCUT2D eigenvalue weighted by atomic mass is 19.1. The number of rotatable bonds is 3. The van der Waals surface area contributed by atoms with Gasteiger partial charge >= 0.3 is 0 Å². The van der Waals surface area contributed by atoms with Crippen molar-refractivity contribution in [3.05, 3.63) is 29.6 Å². The number of nitrogens with two attached hydrogens (primary N) is 1. The first kappa shape index (κ1) is 10.4. The Balaban J connectivity index is 2.96. The van der Waals surface area contributed by atoms with Crippen LogP contribution in [0.15, 0.2) is 23.2 Å². The van der Waals surface area contributed by atoms with Gasteiger partial charge in [0.05, 0.1) is 6.42 Å². The average Bonchev–Trinajstić information content (AvgIpc) is 2.10. The van der Waals surface area contributed by atoms with Crippen LogP contribution in [0.3, 0.4) is 0 Å². The summed E-state index contributed by atoms with van der Waals surface area (Å²) in [5.41, 5.74) is 6.35. The van der Waals surface area contributed by atoms with Gasteiger partial charge in [0, 0.05) is 0 Å². The summed E-state index contributed by atoms with van der Waals surface area (Å²) in [6.45, 7) is 1.78. The fourth-order valence-corrected chi connectivity index (χ4v) is 0.988. The number of aliphatic imine (C=N–C) groups is 1. The summed E-state index contributed by atoms with van der Waals surface area (Å²) in [6.07, 6.45) is 0.651. The second kappa shape index (κ2) is 4.50. The predicted molar refractivity (Wildman–Crippen MR) is 53.1 cm³/mol. The van der Waals surface area contributed by atoms with Crippen LogP contribution in [0.1, 0.15) is 12.0 Å². The number of hydrogen-bond acceptors (Lipinski definition) is 2. The van der Waals surface area contributed by atoms with E-state index in [1.54, 1.807) is 13.0 Å². The monoisotopic (exact) mass is 194 g/mol. The molecular formula is C10H11FN2O. The summed E-state index contributed by atoms with van der Waals surface area (Å²) >= 11 is 0. The lowest BCUT2D eigenvalue weighted by Crippen LogP contribution is -2.11. The quantitative estimate of drug-likeness (QED) is 0.452. The highest BCUT2D eigenvalue weighted by Crippen LogP contribution is 2.18. The minimum absolute atomic E-state index is 0.0211. The van der Waals surface area contributed by atoms with Crippen LogP contribution >= 0.6 is 0 Å². The summed E-state index contributed by atoms with van der Waals surface area (Å²) in [5.74, 6) is -0.318. The SMILES string of the molecule is Cc1ccc(N=C(N)CC=O)c(F)c1. The molecule has 0 aliphatic rings. The molecule has 0 radical (unpaired) electrons. The Hall–Kier alpha value is -1.71. The molecule has 0 saturated carbocycles. The van der Waals surface area contributed by atoms with Crippen molar-refractivity contribution in [1.29, 1.82) is 0 Å². The van der Waals surface area contributed by atoms with Gasteiger partial charge in [-0.25, -0.2) is 9.38 Å². The Morgan fingerprint density at radius 2 is 2.36 bits per heavy atom. The van der Waals surface area contributed by atoms with Crippen molar-refractivity contribution in [2.24, 2.45) is 10.7 Å². The molecule has 0 aromatic heterocycles. The van der Waals surface area contributed by atoms with Gasteiger partial charge in [0.25, 0.3) is 0 Å². The Morgan fingerprint density at radius 3 is 2.93 bits per heavy atom. The molecule has 3 nitrogen and oxygen atoms in total. The van der Waals surface area contributed by atoms with E-state index in [-0.39, 0.29) is 17.9 Å². The summed E-state index contributed by atoms with van der Waals surface area (Å²) in [6, 6.07) is 4.63. The lowest BCUT2D eigenvalue weighted by Gasteiger charge is -1.99. The lowest BCUT2D eigenvalue weighted by atomic mass is 10.2. The predicted octanol–water partition coefficient (Wildman–Crippen LogP) is 1.71. The number of benzene rings is 1. The summed E-state index contributed by atoms with van der Waals surface area (Å²) in [4.78, 5) is 13.9. The molecule has 1 rings (SSSR count). The summed E-state index contributed by atoms with van der Waals surface area (Å²) in [7, 11) is 0. The highest BCUT2D eigenvalue weighted by molar-refractivity contribution is 5.92. The molecule has 74 valence electrons. The zero-order valence-corrected chi connectivity index (χ0v) is 7.83. The molecule has 4 heteroatoms. The third-order valence-corrected chi connectivity index (χ3v) is 1.66. The van der Waals surface area contributed by atoms with Crippen LogP contribution in [-0.4, -0.2) is 12.1 Å². The van der Waals surface area contributed by atoms with Crippen LogP contribution in [0.4, 0.5) is 10.1 Å². The Labute approximate surface area is 81.5 Å². The van der Waals surface area contributed by atoms with E-state index in [4.69, 9.17) is 5.73 Å². The van der Waals surface area contributed by atoms with Crippen molar-refractivity contribution in [3.8, 4) is 0 Å². The minimum Gasteiger partial charge on any atom is -0.387 e. The van der Waals surface area contributed by atoms with E-state index in [0.717, 1.165) is 5.56 Å². The second-order valence-corrected chi connectivity index (χ2v) is 2.93. The van der Waals surface area contributed by atoms with E-state index in [1.165, 1.54) is 12.1 Å². The van der Waals surface area contributed by atoms with Gasteiger partial charge in [0.2, 0.25) is 0 Å². The highest BCUT2D eigenvalue weighted by Gasteiger charge is 2.01. The van der Waals surface area contributed by atoms with E-state index in [9.17, 15) is 9.18 Å². The number of aldehydes is 1. The fourth-order valence-electron chi connectivity index (χ4n) is 0.988. The van der Waals surface area contributed by atoms with Gasteiger partial charge in [-0.15, -0.1) is 0 Å². The van der Waals surface area contributed by atoms with Gasteiger partial charge in [0.15, 0.2) is 0 Å². The van der Waals surface area contributed by atoms with E-state index >= 15 is 0 Å². The van der Waals surface area contributed by atoms with Crippen molar-refractivity contribution < 1.29 is 9.18 Å². The number of carbonyl (C=O) groups is 1. The average molecular weight is 194 g/mol. The van der Waals surface area contributed by atoms with E-state index in [1.807, 2.05) is 0 Å². The minimum atomic E-state index is -0.432. The molecule has 0 atom stereocenters. The maximum Gasteiger partial charge on any atom is 0.149 e. The van der Waals surface area contributed by atoms with Crippen molar-refractivity contribution in [3.63, 3.8) is 0 Å². The van der Waals surface area contributed by atoms with Crippen LogP contribution in [0, 0.1) is 12.7 Å². The standard InChI is InChI=1S/C10H11FN2O/c1-7-2-3-9(8(11)6-7)13-10(12)4-5-14/h2-3,5-6H,4H2,1H3,(H2,12,13). The van der Waals surface area contributed by atoms with Gasteiger partial charge in [-0.3, -0.25) is 0 Å².